The highest BCUT2D eigenvalue weighted by atomic mass is 16.7. The number of carbonyl (C=O) groups excluding carboxylic acids is 1. The van der Waals surface area contributed by atoms with E-state index in [-0.39, 0.29) is 19.0 Å². The number of esters is 1. The maximum atomic E-state index is 11.7. The molecule has 6 heteroatoms. The van der Waals surface area contributed by atoms with E-state index in [1.807, 2.05) is 0 Å². The van der Waals surface area contributed by atoms with Crippen LogP contribution in [-0.2, 0) is 4.74 Å². The highest BCUT2D eigenvalue weighted by Gasteiger charge is 2.19. The van der Waals surface area contributed by atoms with Crippen molar-refractivity contribution in [3.05, 3.63) is 34.2 Å². The molecular formula is C13H10O6. The molecular weight excluding hydrogens is 252 g/mol. The Hall–Kier alpha value is -2.50. The summed E-state index contributed by atoms with van der Waals surface area (Å²) in [7, 11) is 0. The van der Waals surface area contributed by atoms with E-state index in [2.05, 4.69) is 0 Å². The van der Waals surface area contributed by atoms with Crippen molar-refractivity contribution in [3.8, 4) is 11.5 Å². The van der Waals surface area contributed by atoms with Crippen LogP contribution in [0.25, 0.3) is 11.0 Å². The molecule has 0 radical (unpaired) electrons. The third-order valence-electron chi connectivity index (χ3n) is 2.72. The van der Waals surface area contributed by atoms with Gasteiger partial charge in [-0.1, -0.05) is 0 Å². The van der Waals surface area contributed by atoms with E-state index in [1.54, 1.807) is 19.1 Å². The van der Waals surface area contributed by atoms with E-state index in [0.717, 1.165) is 0 Å². The molecule has 6 nitrogen and oxygen atoms in total. The molecule has 1 aliphatic rings. The lowest BCUT2D eigenvalue weighted by molar-refractivity contribution is 0.0522. The summed E-state index contributed by atoms with van der Waals surface area (Å²) in [5.74, 6) is 0.367. The third-order valence-corrected chi connectivity index (χ3v) is 2.72. The van der Waals surface area contributed by atoms with Gasteiger partial charge in [0, 0.05) is 11.5 Å². The molecule has 2 heterocycles. The topological polar surface area (TPSA) is 75.0 Å². The molecule has 0 saturated heterocycles. The van der Waals surface area contributed by atoms with Crippen LogP contribution in [0.2, 0.25) is 0 Å². The van der Waals surface area contributed by atoms with Crippen molar-refractivity contribution < 1.29 is 23.4 Å². The van der Waals surface area contributed by atoms with E-state index in [9.17, 15) is 9.59 Å². The molecule has 0 N–H and O–H groups in total. The second kappa shape index (κ2) is 4.31. The number of benzene rings is 1. The summed E-state index contributed by atoms with van der Waals surface area (Å²) < 4.78 is 20.3. The fourth-order valence-electron chi connectivity index (χ4n) is 1.86. The van der Waals surface area contributed by atoms with Gasteiger partial charge in [0.2, 0.25) is 6.79 Å². The Bertz CT molecular complexity index is 715. The number of rotatable bonds is 2. The molecule has 3 rings (SSSR count). The molecule has 0 bridgehead atoms. The van der Waals surface area contributed by atoms with Crippen molar-refractivity contribution in [1.29, 1.82) is 0 Å². The normalized spacial score (nSPS) is 12.7. The Kier molecular flexibility index (Phi) is 2.63. The van der Waals surface area contributed by atoms with Crippen molar-refractivity contribution in [2.75, 3.05) is 13.4 Å². The minimum Gasteiger partial charge on any atom is -0.462 e. The van der Waals surface area contributed by atoms with Gasteiger partial charge in [0.25, 0.3) is 0 Å². The molecule has 0 aliphatic carbocycles. The Morgan fingerprint density at radius 2 is 2.00 bits per heavy atom. The zero-order valence-corrected chi connectivity index (χ0v) is 10.1. The maximum Gasteiger partial charge on any atom is 0.351 e. The minimum absolute atomic E-state index is 0.126. The second-order valence-electron chi connectivity index (χ2n) is 3.91. The fraction of sp³-hybridized carbons (Fsp3) is 0.231. The first-order valence-electron chi connectivity index (χ1n) is 5.73. The quantitative estimate of drug-likeness (QED) is 0.605. The summed E-state index contributed by atoms with van der Waals surface area (Å²) in [5, 5.41) is 0.576. The van der Waals surface area contributed by atoms with Crippen LogP contribution in [0.5, 0.6) is 11.5 Å². The van der Waals surface area contributed by atoms with Crippen LogP contribution in [0.3, 0.4) is 0 Å². The first-order chi connectivity index (χ1) is 9.19. The lowest BCUT2D eigenvalue weighted by Gasteiger charge is -2.03. The van der Waals surface area contributed by atoms with E-state index in [1.165, 1.54) is 6.07 Å². The third kappa shape index (κ3) is 1.91. The van der Waals surface area contributed by atoms with Crippen molar-refractivity contribution in [1.82, 2.24) is 0 Å². The number of carbonyl (C=O) groups is 1. The predicted octanol–water partition coefficient (Wildman–Crippen LogP) is 1.70. The lowest BCUT2D eigenvalue weighted by atomic mass is 10.1. The molecule has 1 aliphatic heterocycles. The second-order valence-corrected chi connectivity index (χ2v) is 3.91. The molecule has 98 valence electrons. The molecule has 0 amide bonds. The Labute approximate surface area is 107 Å². The first kappa shape index (κ1) is 11.6. The van der Waals surface area contributed by atoms with Crippen molar-refractivity contribution in [2.45, 2.75) is 6.92 Å². The molecule has 0 fully saturated rings. The molecule has 1 aromatic heterocycles. The van der Waals surface area contributed by atoms with Gasteiger partial charge >= 0.3 is 11.6 Å². The predicted molar refractivity (Wildman–Crippen MR) is 64.6 cm³/mol. The fourth-order valence-corrected chi connectivity index (χ4v) is 1.86. The van der Waals surface area contributed by atoms with Gasteiger partial charge in [0.05, 0.1) is 6.61 Å². The molecule has 1 aromatic carbocycles. The van der Waals surface area contributed by atoms with Crippen molar-refractivity contribution in [2.24, 2.45) is 0 Å². The van der Waals surface area contributed by atoms with E-state index in [4.69, 9.17) is 18.6 Å². The number of hydrogen-bond acceptors (Lipinski definition) is 6. The van der Waals surface area contributed by atoms with Gasteiger partial charge in [-0.3, -0.25) is 0 Å². The molecule has 2 aromatic rings. The maximum absolute atomic E-state index is 11.7. The van der Waals surface area contributed by atoms with Gasteiger partial charge < -0.3 is 18.6 Å². The SMILES string of the molecule is CCOC(=O)c1cc2cc3c(cc2oc1=O)OCO3. The van der Waals surface area contributed by atoms with Crippen LogP contribution in [0.15, 0.2) is 27.4 Å². The lowest BCUT2D eigenvalue weighted by Crippen LogP contribution is -2.16. The van der Waals surface area contributed by atoms with E-state index < -0.39 is 11.6 Å². The molecule has 0 unspecified atom stereocenters. The van der Waals surface area contributed by atoms with Crippen LogP contribution < -0.4 is 15.1 Å². The number of hydrogen-bond donors (Lipinski definition) is 0. The number of ether oxygens (including phenoxy) is 3. The monoisotopic (exact) mass is 262 g/mol. The summed E-state index contributed by atoms with van der Waals surface area (Å²) >= 11 is 0. The molecule has 19 heavy (non-hydrogen) atoms. The van der Waals surface area contributed by atoms with Crippen molar-refractivity contribution >= 4 is 16.9 Å². The zero-order valence-electron chi connectivity index (χ0n) is 10.1. The Balaban J connectivity index is 2.17. The summed E-state index contributed by atoms with van der Waals surface area (Å²) in [6.07, 6.45) is 0. The first-order valence-corrected chi connectivity index (χ1v) is 5.73. The van der Waals surface area contributed by atoms with Gasteiger partial charge in [-0.2, -0.15) is 0 Å². The Morgan fingerprint density at radius 1 is 1.26 bits per heavy atom. The largest absolute Gasteiger partial charge is 0.462 e. The standard InChI is InChI=1S/C13H10O6/c1-2-16-12(14)8-3-7-4-10-11(18-6-17-10)5-9(7)19-13(8)15/h3-5H,2,6H2,1H3. The highest BCUT2D eigenvalue weighted by Crippen LogP contribution is 2.35. The summed E-state index contributed by atoms with van der Waals surface area (Å²) in [6, 6.07) is 4.65. The van der Waals surface area contributed by atoms with Crippen molar-refractivity contribution in [3.63, 3.8) is 0 Å². The highest BCUT2D eigenvalue weighted by molar-refractivity contribution is 5.93. The molecule has 0 atom stereocenters. The van der Waals surface area contributed by atoms with Gasteiger partial charge in [0.1, 0.15) is 11.1 Å². The van der Waals surface area contributed by atoms with Gasteiger partial charge in [-0.25, -0.2) is 9.59 Å². The van der Waals surface area contributed by atoms with Gasteiger partial charge in [-0.05, 0) is 19.1 Å². The summed E-state index contributed by atoms with van der Waals surface area (Å²) in [6.45, 7) is 1.98. The van der Waals surface area contributed by atoms with Crippen LogP contribution in [0, 0.1) is 0 Å². The average molecular weight is 262 g/mol. The number of fused-ring (bicyclic) bond motifs is 2. The van der Waals surface area contributed by atoms with Gasteiger partial charge in [-0.15, -0.1) is 0 Å². The van der Waals surface area contributed by atoms with E-state index in [0.29, 0.717) is 22.5 Å². The summed E-state index contributed by atoms with van der Waals surface area (Å²) in [4.78, 5) is 23.3. The molecule has 0 saturated carbocycles. The summed E-state index contributed by atoms with van der Waals surface area (Å²) in [5.41, 5.74) is -0.527. The molecule has 0 spiro atoms. The van der Waals surface area contributed by atoms with E-state index >= 15 is 0 Å². The van der Waals surface area contributed by atoms with Crippen LogP contribution in [0.4, 0.5) is 0 Å². The zero-order chi connectivity index (χ0) is 13.4. The minimum atomic E-state index is -0.732. The Morgan fingerprint density at radius 3 is 2.74 bits per heavy atom. The van der Waals surface area contributed by atoms with Crippen LogP contribution >= 0.6 is 0 Å². The average Bonchev–Trinajstić information content (AvgIpc) is 2.82. The van der Waals surface area contributed by atoms with Crippen LogP contribution in [0.1, 0.15) is 17.3 Å². The van der Waals surface area contributed by atoms with Gasteiger partial charge in [0.15, 0.2) is 11.5 Å². The smallest absolute Gasteiger partial charge is 0.351 e. The van der Waals surface area contributed by atoms with Crippen LogP contribution in [-0.4, -0.2) is 19.4 Å².